The molecule has 0 saturated heterocycles. The monoisotopic (exact) mass is 183 g/mol. The first-order chi connectivity index (χ1) is 5.77. The van der Waals surface area contributed by atoms with E-state index in [-0.39, 0.29) is 0 Å². The summed E-state index contributed by atoms with van der Waals surface area (Å²) in [6.07, 6.45) is 0. The van der Waals surface area contributed by atoms with E-state index in [1.54, 1.807) is 12.1 Å². The van der Waals surface area contributed by atoms with Gasteiger partial charge in [-0.1, -0.05) is 0 Å². The van der Waals surface area contributed by atoms with Gasteiger partial charge in [-0.3, -0.25) is 0 Å². The molecule has 0 amide bonds. The molecule has 0 aromatic heterocycles. The number of hydrogen-bond donors (Lipinski definition) is 1. The smallest absolute Gasteiger partial charge is 0.155 e. The van der Waals surface area contributed by atoms with E-state index in [2.05, 4.69) is 13.8 Å². The summed E-state index contributed by atoms with van der Waals surface area (Å²) in [5, 5.41) is 9.09. The van der Waals surface area contributed by atoms with Crippen LogP contribution in [0.3, 0.4) is 0 Å². The first kappa shape index (κ1) is 9.46. The summed E-state index contributed by atoms with van der Waals surface area (Å²) in [5.41, 5.74) is 0. The van der Waals surface area contributed by atoms with Crippen molar-refractivity contribution in [3.63, 3.8) is 0 Å². The molecular formula is C10H15OS+. The summed E-state index contributed by atoms with van der Waals surface area (Å²) in [4.78, 5) is 1.36. The van der Waals surface area contributed by atoms with Crippen LogP contribution >= 0.6 is 0 Å². The fraction of sp³-hybridized carbons (Fsp3) is 0.400. The molecular weight excluding hydrogens is 168 g/mol. The third kappa shape index (κ3) is 2.18. The minimum Gasteiger partial charge on any atom is -0.508 e. The topological polar surface area (TPSA) is 20.2 Å². The lowest BCUT2D eigenvalue weighted by molar-refractivity contribution is 0.475. The lowest BCUT2D eigenvalue weighted by Gasteiger charge is -2.02. The fourth-order valence-electron chi connectivity index (χ4n) is 1.18. The predicted octanol–water partition coefficient (Wildman–Crippen LogP) is 2.41. The molecule has 0 heterocycles. The van der Waals surface area contributed by atoms with Gasteiger partial charge in [0.15, 0.2) is 4.90 Å². The van der Waals surface area contributed by atoms with Crippen molar-refractivity contribution in [3.05, 3.63) is 24.3 Å². The average molecular weight is 183 g/mol. The molecule has 1 aromatic rings. The average Bonchev–Trinajstić information content (AvgIpc) is 2.10. The van der Waals surface area contributed by atoms with Crippen molar-refractivity contribution in [3.8, 4) is 5.75 Å². The van der Waals surface area contributed by atoms with Crippen LogP contribution in [0.4, 0.5) is 0 Å². The third-order valence-electron chi connectivity index (χ3n) is 1.87. The van der Waals surface area contributed by atoms with E-state index in [0.717, 1.165) is 0 Å². The molecule has 1 nitrogen and oxygen atoms in total. The molecule has 0 fully saturated rings. The number of phenols is 1. The van der Waals surface area contributed by atoms with Crippen molar-refractivity contribution in [1.82, 2.24) is 0 Å². The third-order valence-corrected chi connectivity index (χ3v) is 4.20. The van der Waals surface area contributed by atoms with Crippen LogP contribution in [0.5, 0.6) is 5.75 Å². The molecule has 0 bridgehead atoms. The Kier molecular flexibility index (Phi) is 3.48. The van der Waals surface area contributed by atoms with Crippen LogP contribution in [0.25, 0.3) is 0 Å². The summed E-state index contributed by atoms with van der Waals surface area (Å²) in [5.74, 6) is 2.75. The zero-order chi connectivity index (χ0) is 8.97. The van der Waals surface area contributed by atoms with E-state index < -0.39 is 0 Å². The fourth-order valence-corrected chi connectivity index (χ4v) is 2.77. The summed E-state index contributed by atoms with van der Waals surface area (Å²) in [7, 11) is 0.379. The number of phenolic OH excluding ortho intramolecular Hbond substituents is 1. The zero-order valence-electron chi connectivity index (χ0n) is 7.58. The number of aromatic hydroxyl groups is 1. The first-order valence-electron chi connectivity index (χ1n) is 4.24. The highest BCUT2D eigenvalue weighted by atomic mass is 32.2. The maximum Gasteiger partial charge on any atom is 0.155 e. The van der Waals surface area contributed by atoms with Gasteiger partial charge in [0.1, 0.15) is 17.3 Å². The van der Waals surface area contributed by atoms with Crippen molar-refractivity contribution < 1.29 is 5.11 Å². The molecule has 1 N–H and O–H groups in total. The van der Waals surface area contributed by atoms with Gasteiger partial charge in [-0.15, -0.1) is 0 Å². The molecule has 1 rings (SSSR count). The summed E-state index contributed by atoms with van der Waals surface area (Å²) >= 11 is 0. The van der Waals surface area contributed by atoms with Crippen molar-refractivity contribution in [2.45, 2.75) is 18.7 Å². The lowest BCUT2D eigenvalue weighted by atomic mass is 10.3. The molecule has 2 heteroatoms. The SMILES string of the molecule is CC[S+](CC)c1ccc(O)cc1. The Bertz CT molecular complexity index is 226. The molecule has 0 aliphatic carbocycles. The van der Waals surface area contributed by atoms with Gasteiger partial charge in [-0.2, -0.15) is 0 Å². The maximum absolute atomic E-state index is 9.09. The van der Waals surface area contributed by atoms with Crippen LogP contribution < -0.4 is 0 Å². The molecule has 0 aliphatic rings. The number of hydrogen-bond acceptors (Lipinski definition) is 1. The van der Waals surface area contributed by atoms with E-state index in [1.807, 2.05) is 12.1 Å². The Labute approximate surface area is 76.8 Å². The zero-order valence-corrected chi connectivity index (χ0v) is 8.40. The highest BCUT2D eigenvalue weighted by Gasteiger charge is 2.15. The van der Waals surface area contributed by atoms with E-state index in [4.69, 9.17) is 5.11 Å². The second-order valence-corrected chi connectivity index (χ2v) is 5.18. The Morgan fingerprint density at radius 2 is 1.58 bits per heavy atom. The van der Waals surface area contributed by atoms with Gasteiger partial charge in [-0.25, -0.2) is 0 Å². The van der Waals surface area contributed by atoms with Gasteiger partial charge in [-0.05, 0) is 38.1 Å². The van der Waals surface area contributed by atoms with Crippen LogP contribution in [-0.2, 0) is 10.9 Å². The molecule has 0 radical (unpaired) electrons. The van der Waals surface area contributed by atoms with Crippen molar-refractivity contribution in [1.29, 1.82) is 0 Å². The second kappa shape index (κ2) is 4.41. The minimum absolute atomic E-state index is 0.356. The normalized spacial score (nSPS) is 10.6. The van der Waals surface area contributed by atoms with Crippen LogP contribution in [-0.4, -0.2) is 16.6 Å². The van der Waals surface area contributed by atoms with Gasteiger partial charge >= 0.3 is 0 Å². The van der Waals surface area contributed by atoms with Crippen molar-refractivity contribution >= 4 is 10.9 Å². The molecule has 12 heavy (non-hydrogen) atoms. The Morgan fingerprint density at radius 3 is 2.00 bits per heavy atom. The minimum atomic E-state index is 0.356. The lowest BCUT2D eigenvalue weighted by Crippen LogP contribution is -2.07. The Hall–Kier alpha value is -0.630. The quantitative estimate of drug-likeness (QED) is 0.713. The van der Waals surface area contributed by atoms with Crippen LogP contribution in [0.2, 0.25) is 0 Å². The summed E-state index contributed by atoms with van der Waals surface area (Å²) < 4.78 is 0. The van der Waals surface area contributed by atoms with Gasteiger partial charge in [0.05, 0.1) is 0 Å². The standard InChI is InChI=1S/C10H14OS/c1-3-12(4-2)10-7-5-9(11)6-8-10/h5-8H,3-4H2,1-2H3/p+1. The maximum atomic E-state index is 9.09. The molecule has 0 aliphatic heterocycles. The van der Waals surface area contributed by atoms with Crippen molar-refractivity contribution in [2.75, 3.05) is 11.5 Å². The largest absolute Gasteiger partial charge is 0.508 e. The molecule has 0 unspecified atom stereocenters. The Morgan fingerprint density at radius 1 is 1.08 bits per heavy atom. The van der Waals surface area contributed by atoms with Crippen LogP contribution in [0.1, 0.15) is 13.8 Å². The predicted molar refractivity (Wildman–Crippen MR) is 54.8 cm³/mol. The summed E-state index contributed by atoms with van der Waals surface area (Å²) in [6, 6.07) is 7.57. The van der Waals surface area contributed by atoms with E-state index in [0.29, 0.717) is 16.6 Å². The number of rotatable bonds is 3. The van der Waals surface area contributed by atoms with Crippen LogP contribution in [0.15, 0.2) is 29.2 Å². The summed E-state index contributed by atoms with van der Waals surface area (Å²) in [6.45, 7) is 4.42. The molecule has 0 saturated carbocycles. The van der Waals surface area contributed by atoms with Gasteiger partial charge < -0.3 is 5.11 Å². The van der Waals surface area contributed by atoms with Gasteiger partial charge in [0.25, 0.3) is 0 Å². The van der Waals surface area contributed by atoms with E-state index in [9.17, 15) is 0 Å². The second-order valence-electron chi connectivity index (χ2n) is 2.56. The molecule has 1 aromatic carbocycles. The Balaban J connectivity index is 2.80. The van der Waals surface area contributed by atoms with Crippen molar-refractivity contribution in [2.24, 2.45) is 0 Å². The molecule has 66 valence electrons. The van der Waals surface area contributed by atoms with E-state index >= 15 is 0 Å². The van der Waals surface area contributed by atoms with Gasteiger partial charge in [0, 0.05) is 10.9 Å². The van der Waals surface area contributed by atoms with E-state index in [1.165, 1.54) is 16.4 Å². The highest BCUT2D eigenvalue weighted by molar-refractivity contribution is 7.96. The highest BCUT2D eigenvalue weighted by Crippen LogP contribution is 2.17. The van der Waals surface area contributed by atoms with Gasteiger partial charge in [0.2, 0.25) is 0 Å². The molecule has 0 atom stereocenters. The molecule has 0 spiro atoms. The first-order valence-corrected chi connectivity index (χ1v) is 5.80. The van der Waals surface area contributed by atoms with Crippen LogP contribution in [0, 0.1) is 0 Å². The number of benzene rings is 1.